The molecule has 1 amide bonds. The number of rotatable bonds is 2. The van der Waals surface area contributed by atoms with E-state index in [0.717, 1.165) is 6.42 Å². The summed E-state index contributed by atoms with van der Waals surface area (Å²) in [5, 5.41) is 3.25. The van der Waals surface area contributed by atoms with Crippen molar-refractivity contribution in [3.8, 4) is 11.5 Å². The number of hydrogen-bond acceptors (Lipinski definition) is 6. The number of amidine groups is 1. The number of carbonyl (C=O) groups is 1. The monoisotopic (exact) mass is 461 g/mol. The first-order valence-corrected chi connectivity index (χ1v) is 11.8. The number of benzene rings is 2. The molecule has 10 heteroatoms. The molecular formula is C21H20ClN3O5S. The van der Waals surface area contributed by atoms with E-state index in [2.05, 4.69) is 9.71 Å². The van der Waals surface area contributed by atoms with Crippen LogP contribution in [0.25, 0.3) is 0 Å². The Morgan fingerprint density at radius 2 is 1.90 bits per heavy atom. The van der Waals surface area contributed by atoms with Gasteiger partial charge in [-0.3, -0.25) is 4.79 Å². The van der Waals surface area contributed by atoms with Crippen LogP contribution in [-0.4, -0.2) is 51.4 Å². The third-order valence-electron chi connectivity index (χ3n) is 5.59. The zero-order valence-electron chi connectivity index (χ0n) is 16.5. The topological polar surface area (TPSA) is 97.3 Å². The van der Waals surface area contributed by atoms with Gasteiger partial charge >= 0.3 is 0 Å². The van der Waals surface area contributed by atoms with Crippen molar-refractivity contribution in [3.05, 3.63) is 47.0 Å². The molecule has 8 nitrogen and oxygen atoms in total. The molecule has 3 heterocycles. The molecule has 3 aliphatic heterocycles. The van der Waals surface area contributed by atoms with Crippen LogP contribution in [-0.2, 0) is 14.8 Å². The minimum Gasteiger partial charge on any atom is -0.486 e. The normalized spacial score (nSPS) is 21.3. The van der Waals surface area contributed by atoms with Crippen molar-refractivity contribution in [1.29, 1.82) is 0 Å². The first-order valence-electron chi connectivity index (χ1n) is 10.0. The number of nitrogens with zero attached hydrogens (tertiary/aromatic N) is 2. The van der Waals surface area contributed by atoms with Gasteiger partial charge in [-0.2, -0.15) is 8.42 Å². The highest BCUT2D eigenvalue weighted by molar-refractivity contribution is 7.90. The summed E-state index contributed by atoms with van der Waals surface area (Å²) in [6.07, 6.45) is 1.43. The van der Waals surface area contributed by atoms with Crippen LogP contribution >= 0.6 is 11.6 Å². The van der Waals surface area contributed by atoms with Gasteiger partial charge in [0.25, 0.3) is 10.0 Å². The van der Waals surface area contributed by atoms with E-state index in [1.54, 1.807) is 36.4 Å². The van der Waals surface area contributed by atoms with Gasteiger partial charge in [-0.1, -0.05) is 23.7 Å². The molecule has 0 bridgehead atoms. The minimum atomic E-state index is -3.70. The summed E-state index contributed by atoms with van der Waals surface area (Å²) in [4.78, 5) is 15.1. The fraction of sp³-hybridized carbons (Fsp3) is 0.333. The first kappa shape index (κ1) is 20.1. The molecule has 0 radical (unpaired) electrons. The Morgan fingerprint density at radius 1 is 1.16 bits per heavy atom. The highest BCUT2D eigenvalue weighted by atomic mass is 35.5. The average Bonchev–Trinajstić information content (AvgIpc) is 3.05. The van der Waals surface area contributed by atoms with Crippen molar-refractivity contribution in [2.45, 2.75) is 17.7 Å². The Bertz CT molecular complexity index is 1200. The van der Waals surface area contributed by atoms with Gasteiger partial charge in [0.2, 0.25) is 5.91 Å². The van der Waals surface area contributed by atoms with E-state index in [0.29, 0.717) is 66.3 Å². The molecule has 2 aromatic rings. The van der Waals surface area contributed by atoms with E-state index in [4.69, 9.17) is 21.1 Å². The van der Waals surface area contributed by atoms with E-state index >= 15 is 0 Å². The number of halogens is 1. The fourth-order valence-electron chi connectivity index (χ4n) is 4.09. The molecular weight excluding hydrogens is 442 g/mol. The predicted octanol–water partition coefficient (Wildman–Crippen LogP) is 2.91. The van der Waals surface area contributed by atoms with Gasteiger partial charge in [-0.05, 0) is 25.0 Å². The molecule has 1 N–H and O–H groups in total. The van der Waals surface area contributed by atoms with Crippen molar-refractivity contribution in [1.82, 2.24) is 4.90 Å². The summed E-state index contributed by atoms with van der Waals surface area (Å²) in [6.45, 7) is 1.90. The molecule has 162 valence electrons. The zero-order valence-corrected chi connectivity index (χ0v) is 18.1. The van der Waals surface area contributed by atoms with Crippen LogP contribution in [0.2, 0.25) is 5.02 Å². The van der Waals surface area contributed by atoms with Gasteiger partial charge in [-0.15, -0.1) is 4.40 Å². The van der Waals surface area contributed by atoms with Crippen LogP contribution < -0.4 is 14.8 Å². The van der Waals surface area contributed by atoms with E-state index in [1.165, 1.54) is 0 Å². The predicted molar refractivity (Wildman–Crippen MR) is 116 cm³/mol. The molecule has 0 aliphatic carbocycles. The van der Waals surface area contributed by atoms with Crippen LogP contribution in [0.5, 0.6) is 11.5 Å². The van der Waals surface area contributed by atoms with Crippen molar-refractivity contribution in [2.24, 2.45) is 10.3 Å². The molecule has 5 rings (SSSR count). The molecule has 0 aromatic heterocycles. The number of amides is 1. The Hall–Kier alpha value is -2.78. The number of hydrogen-bond donors (Lipinski definition) is 1. The van der Waals surface area contributed by atoms with E-state index in [-0.39, 0.29) is 16.7 Å². The summed E-state index contributed by atoms with van der Waals surface area (Å²) in [6, 6.07) is 10.1. The quantitative estimate of drug-likeness (QED) is 0.738. The second-order valence-corrected chi connectivity index (χ2v) is 9.62. The molecule has 1 unspecified atom stereocenters. The van der Waals surface area contributed by atoms with Crippen LogP contribution in [0.3, 0.4) is 0 Å². The van der Waals surface area contributed by atoms with E-state index in [1.807, 2.05) is 4.90 Å². The summed E-state index contributed by atoms with van der Waals surface area (Å²) in [7, 11) is -3.70. The third-order valence-corrected chi connectivity index (χ3v) is 7.23. The maximum Gasteiger partial charge on any atom is 0.285 e. The van der Waals surface area contributed by atoms with Crippen LogP contribution in [0.1, 0.15) is 18.4 Å². The van der Waals surface area contributed by atoms with E-state index in [9.17, 15) is 13.2 Å². The third kappa shape index (κ3) is 3.72. The second-order valence-electron chi connectivity index (χ2n) is 7.64. The van der Waals surface area contributed by atoms with E-state index < -0.39 is 10.0 Å². The number of nitrogens with one attached hydrogen (secondary N) is 1. The molecule has 1 fully saturated rings. The van der Waals surface area contributed by atoms with Gasteiger partial charge in [0.05, 0.1) is 16.6 Å². The molecule has 2 aromatic carbocycles. The summed E-state index contributed by atoms with van der Waals surface area (Å²) < 4.78 is 39.8. The Balaban J connectivity index is 1.34. The molecule has 0 saturated carbocycles. The SMILES string of the molecule is O=C(Nc1cc2c(cc1Cl)OCCO2)C1CCCN(C2=NS(=O)(=O)c3ccccc32)C1. The summed E-state index contributed by atoms with van der Waals surface area (Å²) >= 11 is 6.32. The second kappa shape index (κ2) is 7.72. The maximum absolute atomic E-state index is 13.0. The van der Waals surface area contributed by atoms with Crippen LogP contribution in [0, 0.1) is 5.92 Å². The van der Waals surface area contributed by atoms with Gasteiger partial charge in [-0.25, -0.2) is 0 Å². The molecule has 1 saturated heterocycles. The number of piperidine rings is 1. The number of anilines is 1. The van der Waals surface area contributed by atoms with Crippen molar-refractivity contribution in [2.75, 3.05) is 31.6 Å². The van der Waals surface area contributed by atoms with Gasteiger partial charge in [0.1, 0.15) is 18.1 Å². The lowest BCUT2D eigenvalue weighted by atomic mass is 9.96. The Kier molecular flexibility index (Phi) is 5.02. The summed E-state index contributed by atoms with van der Waals surface area (Å²) in [5.74, 6) is 0.982. The fourth-order valence-corrected chi connectivity index (χ4v) is 5.52. The standard InChI is InChI=1S/C21H20ClN3O5S/c22-15-10-17-18(30-9-8-29-17)11-16(15)23-21(26)13-4-3-7-25(12-13)20-14-5-1-2-6-19(14)31(27,28)24-20/h1-2,5-6,10-11,13H,3-4,7-9,12H2,(H,23,26). The highest BCUT2D eigenvalue weighted by Crippen LogP contribution is 2.38. The lowest BCUT2D eigenvalue weighted by Gasteiger charge is -2.33. The largest absolute Gasteiger partial charge is 0.486 e. The Labute approximate surface area is 184 Å². The van der Waals surface area contributed by atoms with Gasteiger partial charge < -0.3 is 19.7 Å². The number of ether oxygens (including phenoxy) is 2. The van der Waals surface area contributed by atoms with Gasteiger partial charge in [0, 0.05) is 30.8 Å². The first-order chi connectivity index (χ1) is 14.9. The number of sulfonamides is 1. The van der Waals surface area contributed by atoms with Crippen molar-refractivity contribution >= 4 is 39.1 Å². The minimum absolute atomic E-state index is 0.182. The lowest BCUT2D eigenvalue weighted by Crippen LogP contribution is -2.43. The Morgan fingerprint density at radius 3 is 2.71 bits per heavy atom. The van der Waals surface area contributed by atoms with Crippen molar-refractivity contribution in [3.63, 3.8) is 0 Å². The summed E-state index contributed by atoms with van der Waals surface area (Å²) in [5.41, 5.74) is 1.04. The maximum atomic E-state index is 13.0. The molecule has 1 atom stereocenters. The average molecular weight is 462 g/mol. The number of carbonyl (C=O) groups excluding carboxylic acids is 1. The highest BCUT2D eigenvalue weighted by Gasteiger charge is 2.35. The molecule has 3 aliphatic rings. The number of likely N-dealkylation sites (tertiary alicyclic amines) is 1. The zero-order chi connectivity index (χ0) is 21.6. The van der Waals surface area contributed by atoms with Crippen LogP contribution in [0.15, 0.2) is 45.7 Å². The van der Waals surface area contributed by atoms with Crippen LogP contribution in [0.4, 0.5) is 5.69 Å². The lowest BCUT2D eigenvalue weighted by molar-refractivity contribution is -0.121. The van der Waals surface area contributed by atoms with Gasteiger partial charge in [0.15, 0.2) is 17.3 Å². The van der Waals surface area contributed by atoms with Crippen molar-refractivity contribution < 1.29 is 22.7 Å². The smallest absolute Gasteiger partial charge is 0.285 e. The molecule has 0 spiro atoms. The number of fused-ring (bicyclic) bond motifs is 2. The molecule has 31 heavy (non-hydrogen) atoms.